The second-order valence-electron chi connectivity index (χ2n) is 6.12. The third kappa shape index (κ3) is 3.62. The second kappa shape index (κ2) is 5.16. The third-order valence-corrected chi connectivity index (χ3v) is 3.38. The molecule has 0 aromatic carbocycles. The first kappa shape index (κ1) is 14.8. The van der Waals surface area contributed by atoms with Gasteiger partial charge in [0, 0.05) is 0 Å². The van der Waals surface area contributed by atoms with Crippen LogP contribution in [0.2, 0.25) is 0 Å². The molecule has 0 unspecified atom stereocenters. The highest BCUT2D eigenvalue weighted by Gasteiger charge is 2.44. The minimum atomic E-state index is -1.24. The number of rotatable bonds is 3. The first-order valence-electron chi connectivity index (χ1n) is 6.40. The van der Waals surface area contributed by atoms with E-state index in [1.54, 1.807) is 27.7 Å². The molecule has 0 spiro atoms. The van der Waals surface area contributed by atoms with Crippen LogP contribution in [0, 0.1) is 5.92 Å². The number of carbonyl (C=O) groups is 2. The number of carboxylic acid groups (broad SMARTS) is 1. The van der Waals surface area contributed by atoms with E-state index in [-0.39, 0.29) is 5.92 Å². The van der Waals surface area contributed by atoms with Gasteiger partial charge in [-0.3, -0.25) is 0 Å². The fourth-order valence-corrected chi connectivity index (χ4v) is 2.35. The van der Waals surface area contributed by atoms with Crippen molar-refractivity contribution in [3.05, 3.63) is 0 Å². The lowest BCUT2D eigenvalue weighted by Gasteiger charge is -2.33. The molecule has 0 bridgehead atoms. The quantitative estimate of drug-likeness (QED) is 0.814. The molecule has 1 fully saturated rings. The number of amides is 1. The van der Waals surface area contributed by atoms with Gasteiger partial charge >= 0.3 is 12.1 Å². The van der Waals surface area contributed by atoms with Crippen molar-refractivity contribution in [2.75, 3.05) is 0 Å². The standard InChI is InChI=1S/C13H23NO4/c1-12(2,3)18-11(17)14-13(4,10(15)16)9-7-5-6-8-9/h9H,5-8H2,1-4H3,(H,14,17)(H,15,16)/t13-/m0/s1. The van der Waals surface area contributed by atoms with Gasteiger partial charge in [-0.2, -0.15) is 0 Å². The van der Waals surface area contributed by atoms with Crippen LogP contribution in [0.5, 0.6) is 0 Å². The Morgan fingerprint density at radius 3 is 2.06 bits per heavy atom. The first-order chi connectivity index (χ1) is 8.15. The van der Waals surface area contributed by atoms with Crippen molar-refractivity contribution in [2.45, 2.75) is 64.5 Å². The predicted octanol–water partition coefficient (Wildman–Crippen LogP) is 2.54. The lowest BCUT2D eigenvalue weighted by Crippen LogP contribution is -2.57. The Morgan fingerprint density at radius 1 is 1.17 bits per heavy atom. The van der Waals surface area contributed by atoms with E-state index in [4.69, 9.17) is 4.74 Å². The Morgan fingerprint density at radius 2 is 1.67 bits per heavy atom. The molecule has 1 atom stereocenters. The van der Waals surface area contributed by atoms with Gasteiger partial charge in [-0.05, 0) is 46.5 Å². The van der Waals surface area contributed by atoms with E-state index in [0.29, 0.717) is 0 Å². The molecule has 0 aliphatic heterocycles. The number of hydrogen-bond acceptors (Lipinski definition) is 3. The lowest BCUT2D eigenvalue weighted by molar-refractivity contribution is -0.146. The molecule has 1 aliphatic carbocycles. The summed E-state index contributed by atoms with van der Waals surface area (Å²) in [6.07, 6.45) is 3.03. The van der Waals surface area contributed by atoms with Crippen LogP contribution >= 0.6 is 0 Å². The lowest BCUT2D eigenvalue weighted by atomic mass is 9.84. The smallest absolute Gasteiger partial charge is 0.408 e. The highest BCUT2D eigenvalue weighted by molar-refractivity contribution is 5.84. The third-order valence-electron chi connectivity index (χ3n) is 3.38. The largest absolute Gasteiger partial charge is 0.480 e. The molecular weight excluding hydrogens is 234 g/mol. The van der Waals surface area contributed by atoms with Gasteiger partial charge in [-0.15, -0.1) is 0 Å². The van der Waals surface area contributed by atoms with E-state index >= 15 is 0 Å². The molecule has 5 nitrogen and oxygen atoms in total. The summed E-state index contributed by atoms with van der Waals surface area (Å²) >= 11 is 0. The van der Waals surface area contributed by atoms with E-state index in [1.165, 1.54) is 0 Å². The summed E-state index contributed by atoms with van der Waals surface area (Å²) in [7, 11) is 0. The Hall–Kier alpha value is -1.26. The molecule has 5 heteroatoms. The molecule has 0 aromatic rings. The molecule has 1 rings (SSSR count). The number of nitrogens with one attached hydrogen (secondary N) is 1. The van der Waals surface area contributed by atoms with Gasteiger partial charge < -0.3 is 15.2 Å². The van der Waals surface area contributed by atoms with Gasteiger partial charge in [-0.1, -0.05) is 12.8 Å². The maximum atomic E-state index is 11.7. The molecule has 104 valence electrons. The van der Waals surface area contributed by atoms with Crippen molar-refractivity contribution in [3.63, 3.8) is 0 Å². The topological polar surface area (TPSA) is 75.6 Å². The minimum Gasteiger partial charge on any atom is -0.480 e. The van der Waals surface area contributed by atoms with Crippen molar-refractivity contribution in [2.24, 2.45) is 5.92 Å². The number of carboxylic acids is 1. The molecular formula is C13H23NO4. The van der Waals surface area contributed by atoms with Crippen molar-refractivity contribution < 1.29 is 19.4 Å². The molecule has 0 saturated heterocycles. The fourth-order valence-electron chi connectivity index (χ4n) is 2.35. The van der Waals surface area contributed by atoms with Crippen molar-refractivity contribution in [1.29, 1.82) is 0 Å². The first-order valence-corrected chi connectivity index (χ1v) is 6.40. The molecule has 18 heavy (non-hydrogen) atoms. The highest BCUT2D eigenvalue weighted by Crippen LogP contribution is 2.34. The normalized spacial score (nSPS) is 20.2. The van der Waals surface area contributed by atoms with Gasteiger partial charge in [0.2, 0.25) is 0 Å². The van der Waals surface area contributed by atoms with Gasteiger partial charge in [0.15, 0.2) is 0 Å². The zero-order valence-electron chi connectivity index (χ0n) is 11.6. The van der Waals surface area contributed by atoms with E-state index in [0.717, 1.165) is 25.7 Å². The van der Waals surface area contributed by atoms with Crippen LogP contribution in [0.4, 0.5) is 4.79 Å². The summed E-state index contributed by atoms with van der Waals surface area (Å²) < 4.78 is 5.13. The summed E-state index contributed by atoms with van der Waals surface area (Å²) in [4.78, 5) is 23.2. The Kier molecular flexibility index (Phi) is 4.24. The maximum Gasteiger partial charge on any atom is 0.408 e. The molecule has 0 heterocycles. The Balaban J connectivity index is 2.74. The zero-order valence-corrected chi connectivity index (χ0v) is 11.6. The maximum absolute atomic E-state index is 11.7. The van der Waals surface area contributed by atoms with E-state index in [9.17, 15) is 14.7 Å². The average Bonchev–Trinajstić information content (AvgIpc) is 2.66. The van der Waals surface area contributed by atoms with Gasteiger partial charge in [-0.25, -0.2) is 9.59 Å². The summed E-state index contributed by atoms with van der Waals surface area (Å²) in [5.74, 6) is -1.03. The van der Waals surface area contributed by atoms with Gasteiger partial charge in [0.05, 0.1) is 0 Å². The average molecular weight is 257 g/mol. The van der Waals surface area contributed by atoms with E-state index < -0.39 is 23.2 Å². The number of aliphatic carboxylic acids is 1. The summed E-state index contributed by atoms with van der Waals surface area (Å²) in [5, 5.41) is 11.9. The molecule has 1 saturated carbocycles. The van der Waals surface area contributed by atoms with Gasteiger partial charge in [0.1, 0.15) is 11.1 Å². The van der Waals surface area contributed by atoms with Crippen LogP contribution in [0.1, 0.15) is 53.4 Å². The predicted molar refractivity (Wildman–Crippen MR) is 67.4 cm³/mol. The molecule has 0 aromatic heterocycles. The monoisotopic (exact) mass is 257 g/mol. The molecule has 1 amide bonds. The second-order valence-corrected chi connectivity index (χ2v) is 6.12. The number of ether oxygens (including phenoxy) is 1. The highest BCUT2D eigenvalue weighted by atomic mass is 16.6. The Labute approximate surface area is 108 Å². The van der Waals surface area contributed by atoms with Crippen LogP contribution in [-0.4, -0.2) is 28.3 Å². The van der Waals surface area contributed by atoms with Crippen molar-refractivity contribution >= 4 is 12.1 Å². The molecule has 1 aliphatic rings. The summed E-state index contributed by atoms with van der Waals surface area (Å²) in [6.45, 7) is 6.82. The van der Waals surface area contributed by atoms with Crippen molar-refractivity contribution in [3.8, 4) is 0 Å². The van der Waals surface area contributed by atoms with Crippen LogP contribution in [0.3, 0.4) is 0 Å². The van der Waals surface area contributed by atoms with Crippen LogP contribution in [0.25, 0.3) is 0 Å². The Bertz CT molecular complexity index is 328. The van der Waals surface area contributed by atoms with Crippen LogP contribution in [-0.2, 0) is 9.53 Å². The fraction of sp³-hybridized carbons (Fsp3) is 0.846. The number of hydrogen-bond donors (Lipinski definition) is 2. The number of carbonyl (C=O) groups excluding carboxylic acids is 1. The van der Waals surface area contributed by atoms with Crippen molar-refractivity contribution in [1.82, 2.24) is 5.32 Å². The molecule has 0 radical (unpaired) electrons. The molecule has 2 N–H and O–H groups in total. The summed E-state index contributed by atoms with van der Waals surface area (Å²) in [5.41, 5.74) is -1.86. The van der Waals surface area contributed by atoms with Gasteiger partial charge in [0.25, 0.3) is 0 Å². The minimum absolute atomic E-state index is 0.0254. The number of alkyl carbamates (subject to hydrolysis) is 1. The van der Waals surface area contributed by atoms with E-state index in [2.05, 4.69) is 5.32 Å². The van der Waals surface area contributed by atoms with Crippen LogP contribution in [0.15, 0.2) is 0 Å². The van der Waals surface area contributed by atoms with Crippen LogP contribution < -0.4 is 5.32 Å². The van der Waals surface area contributed by atoms with E-state index in [1.807, 2.05) is 0 Å². The zero-order chi connectivity index (χ0) is 14.0. The SMILES string of the molecule is CC(C)(C)OC(=O)N[C@](C)(C(=O)O)C1CCCC1. The summed E-state index contributed by atoms with van der Waals surface area (Å²) in [6, 6.07) is 0.